The second-order valence-corrected chi connectivity index (χ2v) is 3.86. The molecule has 1 aromatic carbocycles. The molecule has 0 amide bonds. The van der Waals surface area contributed by atoms with Crippen LogP contribution >= 0.6 is 0 Å². The Morgan fingerprint density at radius 3 is 2.38 bits per heavy atom. The van der Waals surface area contributed by atoms with Crippen molar-refractivity contribution in [3.05, 3.63) is 29.8 Å². The first-order chi connectivity index (χ1) is 6.25. The van der Waals surface area contributed by atoms with Gasteiger partial charge in [0.05, 0.1) is 5.69 Å². The van der Waals surface area contributed by atoms with Crippen molar-refractivity contribution in [2.45, 2.75) is 26.7 Å². The van der Waals surface area contributed by atoms with Crippen molar-refractivity contribution in [3.8, 4) is 0 Å². The molecule has 68 valence electrons. The quantitative estimate of drug-likeness (QED) is 0.607. The van der Waals surface area contributed by atoms with E-state index in [0.29, 0.717) is 0 Å². The molecule has 2 rings (SSSR count). The van der Waals surface area contributed by atoms with Crippen molar-refractivity contribution in [1.29, 1.82) is 0 Å². The molecule has 0 saturated heterocycles. The van der Waals surface area contributed by atoms with E-state index in [2.05, 4.69) is 43.1 Å². The zero-order valence-electron chi connectivity index (χ0n) is 8.25. The standard InChI is InChI=1S/C12H15N/c1-9-3-7-12(8-4-9)13-10(2)11-5-6-11/h3-4,7-8,11H,5-6H2,1-2H3. The smallest absolute Gasteiger partial charge is 0.0629 e. The van der Waals surface area contributed by atoms with Crippen LogP contribution < -0.4 is 0 Å². The molecule has 13 heavy (non-hydrogen) atoms. The van der Waals surface area contributed by atoms with Crippen LogP contribution in [0.3, 0.4) is 0 Å². The SMILES string of the molecule is CC(=Nc1ccc(C)cc1)C1CC1. The number of rotatable bonds is 2. The predicted octanol–water partition coefficient (Wildman–Crippen LogP) is 3.50. The van der Waals surface area contributed by atoms with Crippen LogP contribution in [0, 0.1) is 12.8 Å². The van der Waals surface area contributed by atoms with Crippen LogP contribution in [0.2, 0.25) is 0 Å². The minimum atomic E-state index is 0.779. The van der Waals surface area contributed by atoms with Gasteiger partial charge in [-0.15, -0.1) is 0 Å². The predicted molar refractivity (Wildman–Crippen MR) is 56.7 cm³/mol. The molecule has 0 bridgehead atoms. The minimum absolute atomic E-state index is 0.779. The Balaban J connectivity index is 2.16. The van der Waals surface area contributed by atoms with Crippen LogP contribution in [-0.4, -0.2) is 5.71 Å². The van der Waals surface area contributed by atoms with Gasteiger partial charge in [-0.2, -0.15) is 0 Å². The average molecular weight is 173 g/mol. The van der Waals surface area contributed by atoms with E-state index < -0.39 is 0 Å². The van der Waals surface area contributed by atoms with Crippen LogP contribution in [0.15, 0.2) is 29.3 Å². The number of aliphatic imine (C=N–C) groups is 1. The molecule has 0 aliphatic heterocycles. The molecule has 1 heteroatoms. The van der Waals surface area contributed by atoms with Gasteiger partial charge < -0.3 is 0 Å². The second-order valence-electron chi connectivity index (χ2n) is 3.86. The van der Waals surface area contributed by atoms with Gasteiger partial charge in [-0.1, -0.05) is 17.7 Å². The molecule has 1 aliphatic rings. The van der Waals surface area contributed by atoms with Crippen LogP contribution in [0.1, 0.15) is 25.3 Å². The molecule has 0 unspecified atom stereocenters. The fourth-order valence-corrected chi connectivity index (χ4v) is 1.42. The first-order valence-corrected chi connectivity index (χ1v) is 4.87. The van der Waals surface area contributed by atoms with Crippen LogP contribution in [0.4, 0.5) is 5.69 Å². The molecule has 1 aromatic rings. The Kier molecular flexibility index (Phi) is 2.17. The van der Waals surface area contributed by atoms with E-state index in [1.807, 2.05) is 0 Å². The third kappa shape index (κ3) is 2.18. The highest BCUT2D eigenvalue weighted by atomic mass is 14.8. The lowest BCUT2D eigenvalue weighted by atomic mass is 10.2. The summed E-state index contributed by atoms with van der Waals surface area (Å²) in [5.74, 6) is 0.779. The van der Waals surface area contributed by atoms with E-state index in [0.717, 1.165) is 11.6 Å². The molecule has 0 atom stereocenters. The van der Waals surface area contributed by atoms with Crippen molar-refractivity contribution in [2.24, 2.45) is 10.9 Å². The summed E-state index contributed by atoms with van der Waals surface area (Å²) in [4.78, 5) is 4.58. The fourth-order valence-electron chi connectivity index (χ4n) is 1.42. The Hall–Kier alpha value is -1.11. The zero-order chi connectivity index (χ0) is 9.26. The molecule has 1 nitrogen and oxygen atoms in total. The van der Waals surface area contributed by atoms with Gasteiger partial charge in [-0.3, -0.25) is 4.99 Å². The zero-order valence-corrected chi connectivity index (χ0v) is 8.25. The first-order valence-electron chi connectivity index (χ1n) is 4.87. The monoisotopic (exact) mass is 173 g/mol. The molecule has 0 heterocycles. The second kappa shape index (κ2) is 3.33. The van der Waals surface area contributed by atoms with Gasteiger partial charge >= 0.3 is 0 Å². The highest BCUT2D eigenvalue weighted by Gasteiger charge is 2.24. The maximum atomic E-state index is 4.58. The highest BCUT2D eigenvalue weighted by Crippen LogP contribution is 2.31. The first kappa shape index (κ1) is 8.49. The van der Waals surface area contributed by atoms with E-state index in [4.69, 9.17) is 0 Å². The number of nitrogens with zero attached hydrogens (tertiary/aromatic N) is 1. The summed E-state index contributed by atoms with van der Waals surface area (Å²) < 4.78 is 0. The number of hydrogen-bond acceptors (Lipinski definition) is 1. The topological polar surface area (TPSA) is 12.4 Å². The van der Waals surface area contributed by atoms with Gasteiger partial charge in [0.15, 0.2) is 0 Å². The molecule has 1 aliphatic carbocycles. The molecule has 0 radical (unpaired) electrons. The summed E-state index contributed by atoms with van der Waals surface area (Å²) in [7, 11) is 0. The van der Waals surface area contributed by atoms with Gasteiger partial charge in [0.25, 0.3) is 0 Å². The van der Waals surface area contributed by atoms with Crippen LogP contribution in [0.5, 0.6) is 0 Å². The van der Waals surface area contributed by atoms with Crippen molar-refractivity contribution in [1.82, 2.24) is 0 Å². The van der Waals surface area contributed by atoms with E-state index in [9.17, 15) is 0 Å². The summed E-state index contributed by atoms with van der Waals surface area (Å²) in [6, 6.07) is 8.39. The van der Waals surface area contributed by atoms with Crippen molar-refractivity contribution in [3.63, 3.8) is 0 Å². The number of aryl methyl sites for hydroxylation is 1. The molecule has 0 N–H and O–H groups in total. The van der Waals surface area contributed by atoms with E-state index in [1.54, 1.807) is 0 Å². The molecule has 1 fully saturated rings. The molecule has 0 aromatic heterocycles. The lowest BCUT2D eigenvalue weighted by molar-refractivity contribution is 1.17. The van der Waals surface area contributed by atoms with Crippen molar-refractivity contribution >= 4 is 11.4 Å². The van der Waals surface area contributed by atoms with E-state index in [1.165, 1.54) is 24.1 Å². The van der Waals surface area contributed by atoms with Crippen LogP contribution in [0.25, 0.3) is 0 Å². The molecular formula is C12H15N. The maximum Gasteiger partial charge on any atom is 0.0629 e. The normalized spacial score (nSPS) is 17.5. The summed E-state index contributed by atoms with van der Waals surface area (Å²) >= 11 is 0. The Bertz CT molecular complexity index is 317. The lowest BCUT2D eigenvalue weighted by Gasteiger charge is -1.98. The van der Waals surface area contributed by atoms with Gasteiger partial charge in [0.1, 0.15) is 0 Å². The van der Waals surface area contributed by atoms with Gasteiger partial charge in [-0.05, 0) is 44.7 Å². The maximum absolute atomic E-state index is 4.58. The molecule has 0 spiro atoms. The van der Waals surface area contributed by atoms with Crippen molar-refractivity contribution < 1.29 is 0 Å². The van der Waals surface area contributed by atoms with Gasteiger partial charge in [-0.25, -0.2) is 0 Å². The van der Waals surface area contributed by atoms with Crippen LogP contribution in [-0.2, 0) is 0 Å². The van der Waals surface area contributed by atoms with Crippen molar-refractivity contribution in [2.75, 3.05) is 0 Å². The van der Waals surface area contributed by atoms with Gasteiger partial charge in [0.2, 0.25) is 0 Å². The Morgan fingerprint density at radius 1 is 1.23 bits per heavy atom. The Labute approximate surface area is 79.5 Å². The largest absolute Gasteiger partial charge is 0.258 e. The average Bonchev–Trinajstić information content (AvgIpc) is 2.91. The molecular weight excluding hydrogens is 158 g/mol. The third-order valence-electron chi connectivity index (χ3n) is 2.51. The summed E-state index contributed by atoms with van der Waals surface area (Å²) in [6.07, 6.45) is 2.67. The van der Waals surface area contributed by atoms with E-state index in [-0.39, 0.29) is 0 Å². The highest BCUT2D eigenvalue weighted by molar-refractivity contribution is 5.88. The lowest BCUT2D eigenvalue weighted by Crippen LogP contribution is -1.91. The fraction of sp³-hybridized carbons (Fsp3) is 0.417. The third-order valence-corrected chi connectivity index (χ3v) is 2.51. The summed E-state index contributed by atoms with van der Waals surface area (Å²) in [6.45, 7) is 4.23. The van der Waals surface area contributed by atoms with Gasteiger partial charge in [0, 0.05) is 5.71 Å². The number of hydrogen-bond donors (Lipinski definition) is 0. The number of benzene rings is 1. The minimum Gasteiger partial charge on any atom is -0.258 e. The Morgan fingerprint density at radius 2 is 1.85 bits per heavy atom. The summed E-state index contributed by atoms with van der Waals surface area (Å²) in [5, 5.41) is 0. The van der Waals surface area contributed by atoms with E-state index >= 15 is 0 Å². The summed E-state index contributed by atoms with van der Waals surface area (Å²) in [5.41, 5.74) is 3.68. The molecule has 1 saturated carbocycles.